The molecule has 6 heteroatoms. The Morgan fingerprint density at radius 1 is 0.500 bits per heavy atom. The van der Waals surface area contributed by atoms with Crippen LogP contribution in [0.15, 0.2) is 12.2 Å². The molecule has 0 aromatic rings. The van der Waals surface area contributed by atoms with Crippen molar-refractivity contribution in [1.82, 2.24) is 5.32 Å². The lowest BCUT2D eigenvalue weighted by Gasteiger charge is -2.24. The van der Waals surface area contributed by atoms with Gasteiger partial charge >= 0.3 is 5.97 Å². The number of carbonyl (C=O) groups is 2. The Kier molecular flexibility index (Phi) is 43.6. The summed E-state index contributed by atoms with van der Waals surface area (Å²) in [7, 11) is 0. The Morgan fingerprint density at radius 3 is 1.30 bits per heavy atom. The molecule has 332 valence electrons. The first-order valence-corrected chi connectivity index (χ1v) is 24.9. The first-order valence-electron chi connectivity index (χ1n) is 24.9. The second kappa shape index (κ2) is 44.7. The van der Waals surface area contributed by atoms with Gasteiger partial charge in [0.2, 0.25) is 5.91 Å². The van der Waals surface area contributed by atoms with Crippen LogP contribution in [0.1, 0.15) is 271 Å². The molecule has 56 heavy (non-hydrogen) atoms. The highest BCUT2D eigenvalue weighted by Gasteiger charge is 2.24. The summed E-state index contributed by atoms with van der Waals surface area (Å²) < 4.78 is 5.88. The molecule has 3 atom stereocenters. The van der Waals surface area contributed by atoms with Gasteiger partial charge in [0.25, 0.3) is 0 Å². The van der Waals surface area contributed by atoms with Gasteiger partial charge in [-0.1, -0.05) is 226 Å². The SMILES string of the molecule is CCCCCCCC/C=C\CCCC(CC(=O)NC(CO)C(O)CCCCCCCCCCCCCCCCCCC)OC(=O)CCCCCCCCCCC. The number of aliphatic hydroxyl groups is 2. The zero-order valence-corrected chi connectivity index (χ0v) is 37.8. The Morgan fingerprint density at radius 2 is 0.875 bits per heavy atom. The standard InChI is InChI=1S/C50H97NO5/c1-4-7-10-13-16-19-21-22-23-24-25-26-28-31-33-36-39-42-48(53)47(45-52)51-49(54)44-46(41-38-35-32-30-27-20-17-14-11-8-5-2)56-50(55)43-40-37-34-29-18-15-12-9-6-3/h30,32,46-48,52-53H,4-29,31,33-45H2,1-3H3,(H,51,54)/b32-30-. The van der Waals surface area contributed by atoms with Crippen LogP contribution < -0.4 is 5.32 Å². The number of nitrogens with one attached hydrogen (secondary N) is 1. The van der Waals surface area contributed by atoms with E-state index in [4.69, 9.17) is 4.74 Å². The number of aliphatic hydroxyl groups excluding tert-OH is 2. The molecule has 0 bridgehead atoms. The minimum absolute atomic E-state index is 0.0628. The molecule has 0 radical (unpaired) electrons. The van der Waals surface area contributed by atoms with Gasteiger partial charge in [-0.2, -0.15) is 0 Å². The van der Waals surface area contributed by atoms with Gasteiger partial charge in [-0.25, -0.2) is 0 Å². The summed E-state index contributed by atoms with van der Waals surface area (Å²) in [5, 5.41) is 23.7. The Labute approximate surface area is 349 Å². The van der Waals surface area contributed by atoms with Crippen molar-refractivity contribution in [2.75, 3.05) is 6.61 Å². The van der Waals surface area contributed by atoms with Gasteiger partial charge in [0, 0.05) is 6.42 Å². The van der Waals surface area contributed by atoms with Crippen LogP contribution in [0, 0.1) is 0 Å². The van der Waals surface area contributed by atoms with Gasteiger partial charge in [-0.3, -0.25) is 9.59 Å². The Bertz CT molecular complexity index is 847. The highest BCUT2D eigenvalue weighted by molar-refractivity contribution is 5.77. The minimum Gasteiger partial charge on any atom is -0.462 e. The normalized spacial score (nSPS) is 13.3. The topological polar surface area (TPSA) is 95.9 Å². The second-order valence-corrected chi connectivity index (χ2v) is 17.2. The van der Waals surface area contributed by atoms with E-state index in [1.54, 1.807) is 0 Å². The molecule has 6 nitrogen and oxygen atoms in total. The highest BCUT2D eigenvalue weighted by atomic mass is 16.5. The van der Waals surface area contributed by atoms with Crippen molar-refractivity contribution in [3.05, 3.63) is 12.2 Å². The molecule has 0 heterocycles. The van der Waals surface area contributed by atoms with Crippen LogP contribution in [-0.4, -0.2) is 46.9 Å². The smallest absolute Gasteiger partial charge is 0.306 e. The van der Waals surface area contributed by atoms with Crippen LogP contribution in [0.5, 0.6) is 0 Å². The largest absolute Gasteiger partial charge is 0.462 e. The quantitative estimate of drug-likeness (QED) is 0.0324. The van der Waals surface area contributed by atoms with Crippen molar-refractivity contribution in [2.24, 2.45) is 0 Å². The van der Waals surface area contributed by atoms with Gasteiger partial charge in [0.1, 0.15) is 6.10 Å². The van der Waals surface area contributed by atoms with Crippen LogP contribution in [0.2, 0.25) is 0 Å². The molecule has 0 fully saturated rings. The van der Waals surface area contributed by atoms with E-state index < -0.39 is 18.2 Å². The van der Waals surface area contributed by atoms with E-state index in [1.165, 1.54) is 173 Å². The van der Waals surface area contributed by atoms with E-state index in [-0.39, 0.29) is 24.9 Å². The molecule has 0 aromatic heterocycles. The third-order valence-electron chi connectivity index (χ3n) is 11.6. The van der Waals surface area contributed by atoms with E-state index in [9.17, 15) is 19.8 Å². The summed E-state index contributed by atoms with van der Waals surface area (Å²) >= 11 is 0. The minimum atomic E-state index is -0.787. The van der Waals surface area contributed by atoms with Gasteiger partial charge in [-0.15, -0.1) is 0 Å². The highest BCUT2D eigenvalue weighted by Crippen LogP contribution is 2.18. The average Bonchev–Trinajstić information content (AvgIpc) is 3.19. The van der Waals surface area contributed by atoms with E-state index in [0.717, 1.165) is 51.4 Å². The maximum atomic E-state index is 13.1. The summed E-state index contributed by atoms with van der Waals surface area (Å²) in [4.78, 5) is 25.9. The van der Waals surface area contributed by atoms with E-state index >= 15 is 0 Å². The van der Waals surface area contributed by atoms with Crippen molar-refractivity contribution in [3.63, 3.8) is 0 Å². The molecule has 0 saturated carbocycles. The third-order valence-corrected chi connectivity index (χ3v) is 11.6. The number of allylic oxidation sites excluding steroid dienone is 2. The molecule has 0 rings (SSSR count). The van der Waals surface area contributed by atoms with E-state index in [1.807, 2.05) is 0 Å². The molecule has 0 spiro atoms. The molecular formula is C50H97NO5. The van der Waals surface area contributed by atoms with Crippen LogP contribution >= 0.6 is 0 Å². The fourth-order valence-corrected chi connectivity index (χ4v) is 7.78. The van der Waals surface area contributed by atoms with Crippen LogP contribution in [0.4, 0.5) is 0 Å². The summed E-state index contributed by atoms with van der Waals surface area (Å²) in [6, 6.07) is -0.702. The Balaban J connectivity index is 4.43. The van der Waals surface area contributed by atoms with Crippen molar-refractivity contribution in [3.8, 4) is 0 Å². The average molecular weight is 792 g/mol. The summed E-state index contributed by atoms with van der Waals surface area (Å²) in [5.41, 5.74) is 0. The molecule has 0 aliphatic heterocycles. The predicted octanol–water partition coefficient (Wildman–Crippen LogP) is 14.6. The molecule has 0 aromatic carbocycles. The molecule has 0 saturated heterocycles. The third kappa shape index (κ3) is 39.4. The first-order chi connectivity index (χ1) is 27.5. The monoisotopic (exact) mass is 792 g/mol. The molecule has 3 N–H and O–H groups in total. The fourth-order valence-electron chi connectivity index (χ4n) is 7.78. The molecular weight excluding hydrogens is 695 g/mol. The molecule has 0 aliphatic carbocycles. The van der Waals surface area contributed by atoms with Crippen molar-refractivity contribution in [2.45, 2.75) is 289 Å². The number of unbranched alkanes of at least 4 members (excludes halogenated alkanes) is 31. The van der Waals surface area contributed by atoms with Gasteiger partial charge < -0.3 is 20.3 Å². The summed E-state index contributed by atoms with van der Waals surface area (Å²) in [6.07, 6.45) is 48.5. The zero-order chi connectivity index (χ0) is 41.0. The van der Waals surface area contributed by atoms with Gasteiger partial charge in [-0.05, 0) is 44.9 Å². The van der Waals surface area contributed by atoms with E-state index in [2.05, 4.69) is 38.2 Å². The molecule has 3 unspecified atom stereocenters. The lowest BCUT2D eigenvalue weighted by atomic mass is 10.0. The van der Waals surface area contributed by atoms with Crippen LogP contribution in [-0.2, 0) is 14.3 Å². The number of rotatable bonds is 45. The Hall–Kier alpha value is -1.40. The second-order valence-electron chi connectivity index (χ2n) is 17.2. The fraction of sp³-hybridized carbons (Fsp3) is 0.920. The van der Waals surface area contributed by atoms with Gasteiger partial charge in [0.15, 0.2) is 0 Å². The van der Waals surface area contributed by atoms with Crippen LogP contribution in [0.3, 0.4) is 0 Å². The number of amides is 1. The number of ether oxygens (including phenoxy) is 1. The summed E-state index contributed by atoms with van der Waals surface area (Å²) in [6.45, 7) is 6.46. The number of carbonyl (C=O) groups excluding carboxylic acids is 2. The van der Waals surface area contributed by atoms with Crippen LogP contribution in [0.25, 0.3) is 0 Å². The number of hydrogen-bond donors (Lipinski definition) is 3. The molecule has 1 amide bonds. The number of hydrogen-bond acceptors (Lipinski definition) is 5. The lowest BCUT2D eigenvalue weighted by Crippen LogP contribution is -2.46. The maximum Gasteiger partial charge on any atom is 0.306 e. The van der Waals surface area contributed by atoms with Crippen molar-refractivity contribution in [1.29, 1.82) is 0 Å². The zero-order valence-electron chi connectivity index (χ0n) is 37.8. The molecule has 0 aliphatic rings. The first kappa shape index (κ1) is 54.6. The predicted molar refractivity (Wildman–Crippen MR) is 241 cm³/mol. The lowest BCUT2D eigenvalue weighted by molar-refractivity contribution is -0.151. The van der Waals surface area contributed by atoms with Crippen molar-refractivity contribution >= 4 is 11.9 Å². The van der Waals surface area contributed by atoms with E-state index in [0.29, 0.717) is 19.3 Å². The number of esters is 1. The maximum absolute atomic E-state index is 13.1. The summed E-state index contributed by atoms with van der Waals surface area (Å²) in [5.74, 6) is -0.494. The van der Waals surface area contributed by atoms with Gasteiger partial charge in [0.05, 0.1) is 25.2 Å². The van der Waals surface area contributed by atoms with Crippen molar-refractivity contribution < 1.29 is 24.5 Å².